The second-order valence-electron chi connectivity index (χ2n) is 9.67. The van der Waals surface area contributed by atoms with Gasteiger partial charge in [-0.3, -0.25) is 14.5 Å². The van der Waals surface area contributed by atoms with Crippen LogP contribution in [0.25, 0.3) is 0 Å². The average molecular weight is 425 g/mol. The second kappa shape index (κ2) is 11.3. The Labute approximate surface area is 181 Å². The lowest BCUT2D eigenvalue weighted by Crippen LogP contribution is -2.42. The maximum atomic E-state index is 12.1. The first kappa shape index (κ1) is 24.8. The molecule has 3 rings (SSSR count). The molecule has 0 aliphatic carbocycles. The first-order chi connectivity index (χ1) is 14.3. The van der Waals surface area contributed by atoms with Crippen molar-refractivity contribution in [3.63, 3.8) is 0 Å². The molecular formula is C23H40N2O5. The van der Waals surface area contributed by atoms with E-state index in [4.69, 9.17) is 19.4 Å². The minimum absolute atomic E-state index is 0.00453. The summed E-state index contributed by atoms with van der Waals surface area (Å²) in [6, 6.07) is 0. The standard InChI is InChI=1S/C22H38N2O3.CH2O2/c1-5-7-11-26-14-20(25)23-12-17-18-13-24(15-21(3,4)9-6-2)16-22(18)10-8-19(17)27-22;2-1-3/h6,17-19H,2,5,7-16H2,1,3-4H3,(H,23,25);1H,(H,2,3)/t17-,18+,19+,22+;/m0./s1. The van der Waals surface area contributed by atoms with E-state index in [-0.39, 0.29) is 30.0 Å². The first-order valence-electron chi connectivity index (χ1n) is 11.2. The van der Waals surface area contributed by atoms with Crippen LogP contribution in [0.2, 0.25) is 0 Å². The van der Waals surface area contributed by atoms with Gasteiger partial charge < -0.3 is 19.9 Å². The van der Waals surface area contributed by atoms with E-state index in [9.17, 15) is 4.79 Å². The summed E-state index contributed by atoms with van der Waals surface area (Å²) < 4.78 is 11.9. The Kier molecular flexibility index (Phi) is 9.31. The SMILES string of the molecule is C=CCC(C)(C)CN1C[C@@H]2[C@H](CNC(=O)COCCCC)[C@H]3CC[C@]2(C1)O3.O=CO. The number of ether oxygens (including phenoxy) is 2. The van der Waals surface area contributed by atoms with Crippen LogP contribution in [0, 0.1) is 17.3 Å². The fourth-order valence-corrected chi connectivity index (χ4v) is 5.43. The number of amides is 1. The monoisotopic (exact) mass is 424 g/mol. The van der Waals surface area contributed by atoms with Gasteiger partial charge in [-0.25, -0.2) is 0 Å². The minimum Gasteiger partial charge on any atom is -0.483 e. The van der Waals surface area contributed by atoms with E-state index in [1.807, 2.05) is 6.08 Å². The molecule has 0 unspecified atom stereocenters. The van der Waals surface area contributed by atoms with Crippen LogP contribution in [0.5, 0.6) is 0 Å². The van der Waals surface area contributed by atoms with Crippen molar-refractivity contribution in [2.75, 3.05) is 39.4 Å². The third-order valence-corrected chi connectivity index (χ3v) is 6.61. The van der Waals surface area contributed by atoms with Gasteiger partial charge in [-0.05, 0) is 31.1 Å². The molecule has 3 aliphatic heterocycles. The number of rotatable bonds is 11. The number of carboxylic acid groups (broad SMARTS) is 1. The number of nitrogens with one attached hydrogen (secondary N) is 1. The second-order valence-corrected chi connectivity index (χ2v) is 9.67. The average Bonchev–Trinajstić information content (AvgIpc) is 3.31. The van der Waals surface area contributed by atoms with Gasteiger partial charge in [0.15, 0.2) is 0 Å². The van der Waals surface area contributed by atoms with Gasteiger partial charge in [0.25, 0.3) is 6.47 Å². The fourth-order valence-electron chi connectivity index (χ4n) is 5.43. The van der Waals surface area contributed by atoms with E-state index in [0.717, 1.165) is 51.9 Å². The molecule has 0 aromatic heterocycles. The van der Waals surface area contributed by atoms with Crippen LogP contribution in [0.15, 0.2) is 12.7 Å². The molecular weight excluding hydrogens is 384 g/mol. The summed E-state index contributed by atoms with van der Waals surface area (Å²) in [7, 11) is 0. The Hall–Kier alpha value is -1.44. The van der Waals surface area contributed by atoms with Crippen LogP contribution in [-0.2, 0) is 19.1 Å². The number of hydrogen-bond donors (Lipinski definition) is 2. The summed E-state index contributed by atoms with van der Waals surface area (Å²) in [4.78, 5) is 23.0. The molecule has 3 aliphatic rings. The highest BCUT2D eigenvalue weighted by molar-refractivity contribution is 5.77. The summed E-state index contributed by atoms with van der Waals surface area (Å²) in [5, 5.41) is 9.99. The van der Waals surface area contributed by atoms with Crippen LogP contribution in [0.4, 0.5) is 0 Å². The highest BCUT2D eigenvalue weighted by Crippen LogP contribution is 2.54. The largest absolute Gasteiger partial charge is 0.483 e. The Morgan fingerprint density at radius 2 is 2.20 bits per heavy atom. The number of allylic oxidation sites excluding steroid dienone is 1. The van der Waals surface area contributed by atoms with E-state index >= 15 is 0 Å². The van der Waals surface area contributed by atoms with E-state index in [0.29, 0.717) is 24.5 Å². The van der Waals surface area contributed by atoms with Gasteiger partial charge in [0, 0.05) is 44.6 Å². The van der Waals surface area contributed by atoms with Crippen LogP contribution < -0.4 is 5.32 Å². The van der Waals surface area contributed by atoms with Gasteiger partial charge in [0.1, 0.15) is 6.61 Å². The van der Waals surface area contributed by atoms with Crippen molar-refractivity contribution in [3.05, 3.63) is 12.7 Å². The topological polar surface area (TPSA) is 88.1 Å². The molecule has 3 saturated heterocycles. The summed E-state index contributed by atoms with van der Waals surface area (Å²) >= 11 is 0. The molecule has 7 nitrogen and oxygen atoms in total. The van der Waals surface area contributed by atoms with Gasteiger partial charge in [-0.2, -0.15) is 0 Å². The number of unbranched alkanes of at least 4 members (excludes halogenated alkanes) is 1. The predicted octanol–water partition coefficient (Wildman–Crippen LogP) is 2.70. The molecule has 1 amide bonds. The Morgan fingerprint density at radius 1 is 1.47 bits per heavy atom. The smallest absolute Gasteiger partial charge is 0.290 e. The predicted molar refractivity (Wildman–Crippen MR) is 116 cm³/mol. The van der Waals surface area contributed by atoms with Gasteiger partial charge >= 0.3 is 0 Å². The highest BCUT2D eigenvalue weighted by atomic mass is 16.5. The van der Waals surface area contributed by atoms with Crippen LogP contribution in [0.3, 0.4) is 0 Å². The zero-order valence-corrected chi connectivity index (χ0v) is 18.9. The number of likely N-dealkylation sites (tertiary alicyclic amines) is 1. The Balaban J connectivity index is 0.00000101. The highest BCUT2D eigenvalue weighted by Gasteiger charge is 2.62. The zero-order valence-electron chi connectivity index (χ0n) is 18.9. The molecule has 7 heteroatoms. The number of carbonyl (C=O) groups is 2. The van der Waals surface area contributed by atoms with Crippen molar-refractivity contribution >= 4 is 12.4 Å². The lowest BCUT2D eigenvalue weighted by molar-refractivity contribution is -0.126. The van der Waals surface area contributed by atoms with Gasteiger partial charge in [-0.1, -0.05) is 33.3 Å². The molecule has 0 aromatic rings. The summed E-state index contributed by atoms with van der Waals surface area (Å²) in [6.45, 7) is 15.2. The van der Waals surface area contributed by atoms with Crippen LogP contribution in [0.1, 0.15) is 52.9 Å². The van der Waals surface area contributed by atoms with E-state index in [1.54, 1.807) is 0 Å². The maximum Gasteiger partial charge on any atom is 0.290 e. The lowest BCUT2D eigenvalue weighted by Gasteiger charge is -2.30. The minimum atomic E-state index is -0.250. The fraction of sp³-hybridized carbons (Fsp3) is 0.826. The molecule has 0 aromatic carbocycles. The normalized spacial score (nSPS) is 29.8. The number of fused-ring (bicyclic) bond motifs is 1. The zero-order chi connectivity index (χ0) is 22.2. The van der Waals surface area contributed by atoms with Gasteiger partial charge in [-0.15, -0.1) is 6.58 Å². The maximum absolute atomic E-state index is 12.1. The summed E-state index contributed by atoms with van der Waals surface area (Å²) in [5.74, 6) is 0.979. The molecule has 3 heterocycles. The molecule has 4 atom stereocenters. The molecule has 1 spiro atoms. The summed E-state index contributed by atoms with van der Waals surface area (Å²) in [5.41, 5.74) is 0.274. The van der Waals surface area contributed by atoms with Crippen molar-refractivity contribution in [3.8, 4) is 0 Å². The van der Waals surface area contributed by atoms with E-state index < -0.39 is 0 Å². The number of nitrogens with zero attached hydrogens (tertiary/aromatic N) is 1. The van der Waals surface area contributed by atoms with E-state index in [2.05, 4.69) is 37.6 Å². The van der Waals surface area contributed by atoms with Gasteiger partial charge in [0.05, 0.1) is 11.7 Å². The van der Waals surface area contributed by atoms with Crippen molar-refractivity contribution in [2.45, 2.75) is 64.6 Å². The van der Waals surface area contributed by atoms with Crippen molar-refractivity contribution in [1.29, 1.82) is 0 Å². The Bertz CT molecular complexity index is 582. The molecule has 0 saturated carbocycles. The molecule has 2 N–H and O–H groups in total. The molecule has 0 radical (unpaired) electrons. The molecule has 3 fully saturated rings. The van der Waals surface area contributed by atoms with Crippen LogP contribution in [-0.4, -0.2) is 73.5 Å². The van der Waals surface area contributed by atoms with Crippen molar-refractivity contribution in [2.24, 2.45) is 17.3 Å². The number of carbonyl (C=O) groups excluding carboxylic acids is 1. The Morgan fingerprint density at radius 3 is 2.87 bits per heavy atom. The van der Waals surface area contributed by atoms with Crippen LogP contribution >= 0.6 is 0 Å². The molecule has 30 heavy (non-hydrogen) atoms. The van der Waals surface area contributed by atoms with Crippen molar-refractivity contribution < 1.29 is 24.2 Å². The first-order valence-corrected chi connectivity index (χ1v) is 11.2. The molecule has 2 bridgehead atoms. The van der Waals surface area contributed by atoms with Gasteiger partial charge in [0.2, 0.25) is 5.91 Å². The van der Waals surface area contributed by atoms with E-state index in [1.165, 1.54) is 6.42 Å². The number of hydrogen-bond acceptors (Lipinski definition) is 5. The third-order valence-electron chi connectivity index (χ3n) is 6.61. The quantitative estimate of drug-likeness (QED) is 0.301. The lowest BCUT2D eigenvalue weighted by atomic mass is 9.73. The summed E-state index contributed by atoms with van der Waals surface area (Å²) in [6.07, 6.45) is 7.78. The molecule has 172 valence electrons. The third kappa shape index (κ3) is 6.28. The van der Waals surface area contributed by atoms with Crippen molar-refractivity contribution in [1.82, 2.24) is 10.2 Å².